The normalized spacial score (nSPS) is 22.6. The highest BCUT2D eigenvalue weighted by molar-refractivity contribution is 6.33. The van der Waals surface area contributed by atoms with Crippen molar-refractivity contribution in [2.75, 3.05) is 11.9 Å². The molecule has 0 spiro atoms. The summed E-state index contributed by atoms with van der Waals surface area (Å²) < 4.78 is 0. The highest BCUT2D eigenvalue weighted by Gasteiger charge is 2.27. The van der Waals surface area contributed by atoms with E-state index >= 15 is 0 Å². The second kappa shape index (κ2) is 7.48. The molecule has 4 heteroatoms. The molecule has 0 heterocycles. The van der Waals surface area contributed by atoms with Gasteiger partial charge in [0.2, 0.25) is 0 Å². The zero-order valence-electron chi connectivity index (χ0n) is 13.3. The Balaban J connectivity index is 2.08. The molecule has 1 aromatic rings. The maximum Gasteiger partial charge on any atom is 0.0743 e. The number of aliphatic hydroxyl groups excluding tert-OH is 1. The van der Waals surface area contributed by atoms with Crippen LogP contribution in [0.5, 0.6) is 0 Å². The third kappa shape index (κ3) is 4.35. The van der Waals surface area contributed by atoms with E-state index in [0.29, 0.717) is 6.04 Å². The zero-order chi connectivity index (χ0) is 15.4. The van der Waals surface area contributed by atoms with Crippen LogP contribution in [0.15, 0.2) is 18.2 Å². The summed E-state index contributed by atoms with van der Waals surface area (Å²) in [4.78, 5) is 2.14. The first-order chi connectivity index (χ1) is 9.99. The molecule has 2 N–H and O–H groups in total. The van der Waals surface area contributed by atoms with E-state index in [4.69, 9.17) is 11.6 Å². The molecule has 1 aliphatic rings. The summed E-state index contributed by atoms with van der Waals surface area (Å²) in [5, 5.41) is 14.4. The third-order valence-electron chi connectivity index (χ3n) is 4.30. The molecule has 2 unspecified atom stereocenters. The van der Waals surface area contributed by atoms with Crippen LogP contribution in [-0.2, 0) is 6.54 Å². The molecule has 3 nitrogen and oxygen atoms in total. The van der Waals surface area contributed by atoms with Crippen LogP contribution in [0.1, 0.15) is 45.1 Å². The van der Waals surface area contributed by atoms with Crippen LogP contribution in [0.25, 0.3) is 0 Å². The summed E-state index contributed by atoms with van der Waals surface area (Å²) in [6.07, 6.45) is 3.98. The summed E-state index contributed by atoms with van der Waals surface area (Å²) in [6.45, 7) is 5.09. The number of halogens is 1. The molecule has 1 aliphatic carbocycles. The van der Waals surface area contributed by atoms with Gasteiger partial charge >= 0.3 is 0 Å². The lowest BCUT2D eigenvalue weighted by atomic mass is 9.91. The largest absolute Gasteiger partial charge is 0.391 e. The molecule has 118 valence electrons. The van der Waals surface area contributed by atoms with E-state index in [1.807, 2.05) is 13.1 Å². The smallest absolute Gasteiger partial charge is 0.0743 e. The van der Waals surface area contributed by atoms with Crippen LogP contribution < -0.4 is 10.2 Å². The van der Waals surface area contributed by atoms with Crippen LogP contribution in [0, 0.1) is 0 Å². The molecule has 1 fully saturated rings. The molecule has 1 saturated carbocycles. The molecule has 2 atom stereocenters. The fraction of sp³-hybridized carbons (Fsp3) is 0.647. The zero-order valence-corrected chi connectivity index (χ0v) is 14.0. The summed E-state index contributed by atoms with van der Waals surface area (Å²) in [6, 6.07) is 6.85. The molecule has 0 saturated heterocycles. The Kier molecular flexibility index (Phi) is 5.91. The number of rotatable bonds is 5. The number of benzene rings is 1. The molecule has 0 aliphatic heterocycles. The Bertz CT molecular complexity index is 464. The first-order valence-electron chi connectivity index (χ1n) is 7.91. The van der Waals surface area contributed by atoms with Gasteiger partial charge in [0.05, 0.1) is 22.9 Å². The fourth-order valence-corrected chi connectivity index (χ4v) is 3.33. The number of nitrogens with one attached hydrogen (secondary N) is 1. The van der Waals surface area contributed by atoms with E-state index in [9.17, 15) is 5.11 Å². The van der Waals surface area contributed by atoms with Gasteiger partial charge in [0.15, 0.2) is 0 Å². The summed E-state index contributed by atoms with van der Waals surface area (Å²) in [5.41, 5.74) is 2.20. The van der Waals surface area contributed by atoms with Gasteiger partial charge in [0.25, 0.3) is 0 Å². The Morgan fingerprint density at radius 3 is 2.67 bits per heavy atom. The van der Waals surface area contributed by atoms with E-state index < -0.39 is 0 Å². The second-order valence-corrected chi connectivity index (χ2v) is 6.76. The Hall–Kier alpha value is -0.770. The molecule has 0 aromatic heterocycles. The molecular weight excluding hydrogens is 284 g/mol. The molecule has 0 radical (unpaired) electrons. The minimum atomic E-state index is -0.248. The van der Waals surface area contributed by atoms with Crippen LogP contribution in [0.2, 0.25) is 5.02 Å². The van der Waals surface area contributed by atoms with Crippen molar-refractivity contribution >= 4 is 17.3 Å². The quantitative estimate of drug-likeness (QED) is 0.872. The van der Waals surface area contributed by atoms with Gasteiger partial charge in [-0.25, -0.2) is 0 Å². The van der Waals surface area contributed by atoms with Crippen LogP contribution >= 0.6 is 11.6 Å². The Morgan fingerprint density at radius 2 is 2.05 bits per heavy atom. The lowest BCUT2D eigenvalue weighted by molar-refractivity contribution is 0.106. The van der Waals surface area contributed by atoms with Crippen molar-refractivity contribution in [2.24, 2.45) is 0 Å². The number of likely N-dealkylation sites (N-methyl/N-ethyl adjacent to an activating group) is 1. The summed E-state index contributed by atoms with van der Waals surface area (Å²) in [5.74, 6) is 0. The van der Waals surface area contributed by atoms with Gasteiger partial charge in [-0.05, 0) is 30.5 Å². The number of hydrogen-bond acceptors (Lipinski definition) is 3. The highest BCUT2D eigenvalue weighted by Crippen LogP contribution is 2.32. The first-order valence-corrected chi connectivity index (χ1v) is 8.29. The van der Waals surface area contributed by atoms with Crippen molar-refractivity contribution in [3.8, 4) is 0 Å². The Labute approximate surface area is 133 Å². The van der Waals surface area contributed by atoms with E-state index in [2.05, 4.69) is 36.2 Å². The monoisotopic (exact) mass is 310 g/mol. The number of nitrogens with zero attached hydrogens (tertiary/aromatic N) is 1. The lowest BCUT2D eigenvalue weighted by Gasteiger charge is -2.37. The summed E-state index contributed by atoms with van der Waals surface area (Å²) >= 11 is 6.46. The average Bonchev–Trinajstić information content (AvgIpc) is 2.45. The van der Waals surface area contributed by atoms with Gasteiger partial charge in [0, 0.05) is 19.6 Å². The van der Waals surface area contributed by atoms with Crippen molar-refractivity contribution in [3.63, 3.8) is 0 Å². The standard InChI is InChI=1S/C17H27ClN2O/c1-12(2)19-11-13-8-9-15(14(18)10-13)20(3)16-6-4-5-7-17(16)21/h8-10,12,16-17,19,21H,4-7,11H2,1-3H3. The fourth-order valence-electron chi connectivity index (χ4n) is 2.99. The molecular formula is C17H27ClN2O. The van der Waals surface area contributed by atoms with Gasteiger partial charge in [-0.15, -0.1) is 0 Å². The van der Waals surface area contributed by atoms with Gasteiger partial charge in [-0.2, -0.15) is 0 Å². The van der Waals surface area contributed by atoms with Gasteiger partial charge in [-0.3, -0.25) is 0 Å². The summed E-state index contributed by atoms with van der Waals surface area (Å²) in [7, 11) is 2.03. The minimum absolute atomic E-state index is 0.177. The molecule has 0 bridgehead atoms. The number of hydrogen-bond donors (Lipinski definition) is 2. The maximum absolute atomic E-state index is 10.2. The Morgan fingerprint density at radius 1 is 1.33 bits per heavy atom. The molecule has 2 rings (SSSR count). The van der Waals surface area contributed by atoms with E-state index in [0.717, 1.165) is 36.5 Å². The first kappa shape index (κ1) is 16.6. The number of anilines is 1. The van der Waals surface area contributed by atoms with Crippen LogP contribution in [0.4, 0.5) is 5.69 Å². The van der Waals surface area contributed by atoms with Gasteiger partial charge in [0.1, 0.15) is 0 Å². The van der Waals surface area contributed by atoms with Crippen molar-refractivity contribution in [3.05, 3.63) is 28.8 Å². The third-order valence-corrected chi connectivity index (χ3v) is 4.60. The molecule has 21 heavy (non-hydrogen) atoms. The van der Waals surface area contributed by atoms with Crippen molar-refractivity contribution in [1.82, 2.24) is 5.32 Å². The number of aliphatic hydroxyl groups is 1. The highest BCUT2D eigenvalue weighted by atomic mass is 35.5. The predicted molar refractivity (Wildman–Crippen MR) is 90.1 cm³/mol. The van der Waals surface area contributed by atoms with Gasteiger partial charge < -0.3 is 15.3 Å². The molecule has 1 aromatic carbocycles. The lowest BCUT2D eigenvalue weighted by Crippen LogP contribution is -2.43. The SMILES string of the molecule is CC(C)NCc1ccc(N(C)C2CCCCC2O)c(Cl)c1. The van der Waals surface area contributed by atoms with E-state index in [1.54, 1.807) is 0 Å². The predicted octanol–water partition coefficient (Wildman–Crippen LogP) is 3.58. The van der Waals surface area contributed by atoms with Crippen molar-refractivity contribution < 1.29 is 5.11 Å². The minimum Gasteiger partial charge on any atom is -0.391 e. The van der Waals surface area contributed by atoms with Crippen molar-refractivity contribution in [1.29, 1.82) is 0 Å². The topological polar surface area (TPSA) is 35.5 Å². The van der Waals surface area contributed by atoms with E-state index in [-0.39, 0.29) is 12.1 Å². The molecule has 0 amide bonds. The van der Waals surface area contributed by atoms with Gasteiger partial charge in [-0.1, -0.05) is 44.4 Å². The van der Waals surface area contributed by atoms with Crippen molar-refractivity contribution in [2.45, 2.75) is 64.3 Å². The maximum atomic E-state index is 10.2. The average molecular weight is 311 g/mol. The second-order valence-electron chi connectivity index (χ2n) is 6.35. The van der Waals surface area contributed by atoms with Crippen LogP contribution in [0.3, 0.4) is 0 Å². The van der Waals surface area contributed by atoms with Crippen LogP contribution in [-0.4, -0.2) is 30.3 Å². The van der Waals surface area contributed by atoms with E-state index in [1.165, 1.54) is 12.0 Å².